The lowest BCUT2D eigenvalue weighted by molar-refractivity contribution is 0.0780. The average molecular weight is 193 g/mol. The van der Waals surface area contributed by atoms with Crippen molar-refractivity contribution in [2.45, 2.75) is 25.3 Å². The molecule has 1 aromatic rings. The third-order valence-electron chi connectivity index (χ3n) is 2.49. The van der Waals surface area contributed by atoms with E-state index in [2.05, 4.69) is 9.97 Å². The van der Waals surface area contributed by atoms with Crippen LogP contribution in [0.3, 0.4) is 0 Å². The van der Waals surface area contributed by atoms with E-state index >= 15 is 0 Å². The fourth-order valence-electron chi connectivity index (χ4n) is 1.63. The van der Waals surface area contributed by atoms with Crippen molar-refractivity contribution in [3.05, 3.63) is 23.8 Å². The van der Waals surface area contributed by atoms with Crippen molar-refractivity contribution in [1.29, 1.82) is 0 Å². The molecule has 2 N–H and O–H groups in total. The molecular weight excluding hydrogens is 178 g/mol. The maximum atomic E-state index is 5.47. The number of rotatable bonds is 2. The van der Waals surface area contributed by atoms with Gasteiger partial charge in [-0.25, -0.2) is 9.97 Å². The normalized spacial score (nSPS) is 22.2. The predicted octanol–water partition coefficient (Wildman–Crippen LogP) is 0.829. The highest BCUT2D eigenvalue weighted by Gasteiger charge is 2.18. The summed E-state index contributed by atoms with van der Waals surface area (Å²) < 4.78 is 5.39. The number of ether oxygens (including phenoxy) is 1. The van der Waals surface area contributed by atoms with Crippen molar-refractivity contribution >= 4 is 0 Å². The standard InChI is InChI=1S/C10H15N3O/c11-4-8-5-12-10(13-6-8)9-2-1-3-14-7-9/h5-6,9H,1-4,7,11H2. The molecule has 0 bridgehead atoms. The van der Waals surface area contributed by atoms with Crippen molar-refractivity contribution in [1.82, 2.24) is 9.97 Å². The van der Waals surface area contributed by atoms with Gasteiger partial charge >= 0.3 is 0 Å². The molecule has 0 aliphatic carbocycles. The Kier molecular flexibility index (Phi) is 3.06. The van der Waals surface area contributed by atoms with E-state index in [1.807, 2.05) is 0 Å². The van der Waals surface area contributed by atoms with E-state index < -0.39 is 0 Å². The molecule has 0 spiro atoms. The summed E-state index contributed by atoms with van der Waals surface area (Å²) in [6.45, 7) is 2.13. The number of nitrogens with zero attached hydrogens (tertiary/aromatic N) is 2. The third kappa shape index (κ3) is 2.08. The summed E-state index contributed by atoms with van der Waals surface area (Å²) in [4.78, 5) is 8.60. The van der Waals surface area contributed by atoms with Crippen molar-refractivity contribution in [2.24, 2.45) is 5.73 Å². The number of hydrogen-bond acceptors (Lipinski definition) is 4. The zero-order valence-corrected chi connectivity index (χ0v) is 8.15. The summed E-state index contributed by atoms with van der Waals surface area (Å²) in [7, 11) is 0. The highest BCUT2D eigenvalue weighted by molar-refractivity contribution is 5.07. The molecule has 0 saturated carbocycles. The Morgan fingerprint density at radius 3 is 2.79 bits per heavy atom. The number of hydrogen-bond donors (Lipinski definition) is 1. The molecule has 0 amide bonds. The van der Waals surface area contributed by atoms with E-state index in [0.29, 0.717) is 12.5 Å². The molecular formula is C10H15N3O. The smallest absolute Gasteiger partial charge is 0.133 e. The molecule has 76 valence electrons. The van der Waals surface area contributed by atoms with Crippen LogP contribution in [0.15, 0.2) is 12.4 Å². The van der Waals surface area contributed by atoms with Crippen molar-refractivity contribution < 1.29 is 4.74 Å². The number of aromatic nitrogens is 2. The van der Waals surface area contributed by atoms with Crippen molar-refractivity contribution in [2.75, 3.05) is 13.2 Å². The van der Waals surface area contributed by atoms with Gasteiger partial charge in [0, 0.05) is 37.0 Å². The summed E-state index contributed by atoms with van der Waals surface area (Å²) in [5.41, 5.74) is 6.45. The Morgan fingerprint density at radius 1 is 1.43 bits per heavy atom. The van der Waals surface area contributed by atoms with Crippen LogP contribution in [-0.2, 0) is 11.3 Å². The molecule has 4 nitrogen and oxygen atoms in total. The quantitative estimate of drug-likeness (QED) is 0.755. The van der Waals surface area contributed by atoms with Crippen LogP contribution in [0.5, 0.6) is 0 Å². The van der Waals surface area contributed by atoms with Gasteiger partial charge in [-0.05, 0) is 12.8 Å². The van der Waals surface area contributed by atoms with Crippen molar-refractivity contribution in [3.63, 3.8) is 0 Å². The van der Waals surface area contributed by atoms with E-state index in [0.717, 1.165) is 37.4 Å². The van der Waals surface area contributed by atoms with Crippen molar-refractivity contribution in [3.8, 4) is 0 Å². The maximum absolute atomic E-state index is 5.47. The molecule has 1 aliphatic heterocycles. The zero-order valence-electron chi connectivity index (χ0n) is 8.15. The van der Waals surface area contributed by atoms with Gasteiger partial charge in [0.2, 0.25) is 0 Å². The van der Waals surface area contributed by atoms with Gasteiger partial charge in [-0.15, -0.1) is 0 Å². The summed E-state index contributed by atoms with van der Waals surface area (Å²) in [6.07, 6.45) is 5.84. The second-order valence-corrected chi connectivity index (χ2v) is 3.57. The molecule has 0 aromatic carbocycles. The third-order valence-corrected chi connectivity index (χ3v) is 2.49. The van der Waals surface area contributed by atoms with Crippen LogP contribution in [0.25, 0.3) is 0 Å². The van der Waals surface area contributed by atoms with E-state index in [9.17, 15) is 0 Å². The van der Waals surface area contributed by atoms with Crippen LogP contribution >= 0.6 is 0 Å². The minimum absolute atomic E-state index is 0.371. The molecule has 1 atom stereocenters. The first kappa shape index (κ1) is 9.55. The lowest BCUT2D eigenvalue weighted by atomic mass is 10.0. The van der Waals surface area contributed by atoms with Gasteiger partial charge < -0.3 is 10.5 Å². The number of nitrogens with two attached hydrogens (primary N) is 1. The van der Waals surface area contributed by atoms with Gasteiger partial charge in [0.25, 0.3) is 0 Å². The molecule has 0 radical (unpaired) electrons. The van der Waals surface area contributed by atoms with E-state index in [1.165, 1.54) is 0 Å². The van der Waals surface area contributed by atoms with E-state index in [4.69, 9.17) is 10.5 Å². The highest BCUT2D eigenvalue weighted by Crippen LogP contribution is 2.21. The van der Waals surface area contributed by atoms with Gasteiger partial charge in [0.05, 0.1) is 6.61 Å². The molecule has 1 aliphatic rings. The van der Waals surface area contributed by atoms with Crippen LogP contribution in [0.1, 0.15) is 30.1 Å². The molecule has 1 unspecified atom stereocenters. The van der Waals surface area contributed by atoms with Gasteiger partial charge in [-0.3, -0.25) is 0 Å². The minimum atomic E-state index is 0.371. The second-order valence-electron chi connectivity index (χ2n) is 3.57. The molecule has 4 heteroatoms. The van der Waals surface area contributed by atoms with Gasteiger partial charge in [-0.1, -0.05) is 0 Å². The summed E-state index contributed by atoms with van der Waals surface area (Å²) in [5.74, 6) is 1.26. The molecule has 2 rings (SSSR count). The first-order valence-electron chi connectivity index (χ1n) is 4.99. The molecule has 14 heavy (non-hydrogen) atoms. The second kappa shape index (κ2) is 4.48. The van der Waals surface area contributed by atoms with Crippen LogP contribution in [0, 0.1) is 0 Å². The monoisotopic (exact) mass is 193 g/mol. The Labute approximate surface area is 83.5 Å². The highest BCUT2D eigenvalue weighted by atomic mass is 16.5. The molecule has 1 aromatic heterocycles. The molecule has 1 saturated heterocycles. The fraction of sp³-hybridized carbons (Fsp3) is 0.600. The summed E-state index contributed by atoms with van der Waals surface area (Å²) in [6, 6.07) is 0. The topological polar surface area (TPSA) is 61.0 Å². The van der Waals surface area contributed by atoms with Crippen LogP contribution in [0.2, 0.25) is 0 Å². The fourth-order valence-corrected chi connectivity index (χ4v) is 1.63. The van der Waals surface area contributed by atoms with Gasteiger partial charge in [-0.2, -0.15) is 0 Å². The maximum Gasteiger partial charge on any atom is 0.133 e. The Bertz CT molecular complexity index is 280. The zero-order chi connectivity index (χ0) is 9.80. The van der Waals surface area contributed by atoms with Gasteiger partial charge in [0.15, 0.2) is 0 Å². The summed E-state index contributed by atoms with van der Waals surface area (Å²) in [5, 5.41) is 0. The van der Waals surface area contributed by atoms with Crippen LogP contribution in [-0.4, -0.2) is 23.2 Å². The Balaban J connectivity index is 2.07. The molecule has 1 fully saturated rings. The van der Waals surface area contributed by atoms with Crippen LogP contribution in [0.4, 0.5) is 0 Å². The Morgan fingerprint density at radius 2 is 2.21 bits per heavy atom. The predicted molar refractivity (Wildman–Crippen MR) is 52.7 cm³/mol. The lowest BCUT2D eigenvalue weighted by Gasteiger charge is -2.20. The van der Waals surface area contributed by atoms with E-state index in [-0.39, 0.29) is 0 Å². The van der Waals surface area contributed by atoms with Crippen LogP contribution < -0.4 is 5.73 Å². The largest absolute Gasteiger partial charge is 0.381 e. The SMILES string of the molecule is NCc1cnc(C2CCCOC2)nc1. The van der Waals surface area contributed by atoms with E-state index in [1.54, 1.807) is 12.4 Å². The summed E-state index contributed by atoms with van der Waals surface area (Å²) >= 11 is 0. The first-order chi connectivity index (χ1) is 6.90. The first-order valence-corrected chi connectivity index (χ1v) is 4.99. The Hall–Kier alpha value is -1.00. The van der Waals surface area contributed by atoms with Gasteiger partial charge in [0.1, 0.15) is 5.82 Å². The lowest BCUT2D eigenvalue weighted by Crippen LogP contribution is -2.18. The average Bonchev–Trinajstić information content (AvgIpc) is 2.30. The molecule has 2 heterocycles. The minimum Gasteiger partial charge on any atom is -0.381 e.